The van der Waals surface area contributed by atoms with Crippen molar-refractivity contribution in [2.45, 2.75) is 0 Å². The molecule has 0 fully saturated rings. The van der Waals surface area contributed by atoms with Gasteiger partial charge in [-0.25, -0.2) is 4.98 Å². The summed E-state index contributed by atoms with van der Waals surface area (Å²) in [6, 6.07) is 7.42. The molecule has 1 N–H and O–H groups in total. The molecule has 0 saturated heterocycles. The van der Waals surface area contributed by atoms with Crippen LogP contribution in [0, 0.1) is 0 Å². The van der Waals surface area contributed by atoms with Gasteiger partial charge in [0.1, 0.15) is 21.6 Å². The first-order valence-electron chi connectivity index (χ1n) is 6.09. The number of nitrogens with zero attached hydrogens (tertiary/aromatic N) is 4. The topological polar surface area (TPSA) is 70.2 Å². The van der Waals surface area contributed by atoms with Crippen LogP contribution in [-0.2, 0) is 0 Å². The Morgan fingerprint density at radius 3 is 3.05 bits per heavy atom. The standard InChI is InChI=1S/C14H7BrN4OS/c15-9-6-11-10(17-19-18-11)4-7(9)5-12-13(20)8-2-1-3-16-14(8)21-12/h1-6,20H. The Morgan fingerprint density at radius 1 is 1.29 bits per heavy atom. The smallest absolute Gasteiger partial charge is 0.143 e. The summed E-state index contributed by atoms with van der Waals surface area (Å²) < 4.78 is 0.877. The van der Waals surface area contributed by atoms with Crippen LogP contribution in [0.4, 0.5) is 5.69 Å². The fourth-order valence-electron chi connectivity index (χ4n) is 2.13. The van der Waals surface area contributed by atoms with Gasteiger partial charge >= 0.3 is 0 Å². The van der Waals surface area contributed by atoms with E-state index in [-0.39, 0.29) is 5.75 Å². The van der Waals surface area contributed by atoms with Crippen molar-refractivity contribution < 1.29 is 5.11 Å². The van der Waals surface area contributed by atoms with Crippen molar-refractivity contribution in [3.63, 3.8) is 0 Å². The van der Waals surface area contributed by atoms with Gasteiger partial charge in [-0.3, -0.25) is 0 Å². The highest BCUT2D eigenvalue weighted by molar-refractivity contribution is 9.10. The number of aromatic hydroxyl groups is 1. The van der Waals surface area contributed by atoms with Gasteiger partial charge in [-0.2, -0.15) is 0 Å². The number of halogens is 1. The first kappa shape index (κ1) is 12.6. The lowest BCUT2D eigenvalue weighted by Gasteiger charge is -1.95. The number of fused-ring (bicyclic) bond motifs is 2. The average molecular weight is 359 g/mol. The lowest BCUT2D eigenvalue weighted by molar-refractivity contribution is 0.482. The molecule has 0 bridgehead atoms. The molecule has 0 atom stereocenters. The molecule has 102 valence electrons. The zero-order valence-corrected chi connectivity index (χ0v) is 12.9. The van der Waals surface area contributed by atoms with Gasteiger partial charge in [-0.15, -0.1) is 21.6 Å². The number of benzene rings is 1. The number of thiophene rings is 1. The predicted molar refractivity (Wildman–Crippen MR) is 84.3 cm³/mol. The summed E-state index contributed by atoms with van der Waals surface area (Å²) in [5, 5.41) is 24.2. The molecule has 0 aliphatic carbocycles. The van der Waals surface area contributed by atoms with E-state index in [4.69, 9.17) is 0 Å². The van der Waals surface area contributed by atoms with E-state index in [0.29, 0.717) is 0 Å². The van der Waals surface area contributed by atoms with Gasteiger partial charge in [0, 0.05) is 10.7 Å². The minimum Gasteiger partial charge on any atom is -0.506 e. The first-order valence-corrected chi connectivity index (χ1v) is 7.70. The maximum Gasteiger partial charge on any atom is 0.143 e. The maximum atomic E-state index is 10.3. The third-order valence-electron chi connectivity index (χ3n) is 3.15. The van der Waals surface area contributed by atoms with Gasteiger partial charge in [0.25, 0.3) is 0 Å². The second kappa shape index (κ2) is 4.71. The Morgan fingerprint density at radius 2 is 2.19 bits per heavy atom. The van der Waals surface area contributed by atoms with Crippen molar-refractivity contribution in [2.24, 2.45) is 15.4 Å². The van der Waals surface area contributed by atoms with E-state index in [2.05, 4.69) is 36.4 Å². The third-order valence-corrected chi connectivity index (χ3v) is 4.89. The van der Waals surface area contributed by atoms with E-state index < -0.39 is 0 Å². The molecule has 2 aromatic heterocycles. The minimum atomic E-state index is 0.252. The molecule has 1 aliphatic heterocycles. The van der Waals surface area contributed by atoms with E-state index in [0.717, 1.165) is 35.8 Å². The Labute approximate surface area is 131 Å². The number of aromatic nitrogens is 1. The summed E-state index contributed by atoms with van der Waals surface area (Å²) in [5.41, 5.74) is 0.725. The Hall–Kier alpha value is -2.12. The van der Waals surface area contributed by atoms with Gasteiger partial charge in [-0.1, -0.05) is 15.9 Å². The highest BCUT2D eigenvalue weighted by atomic mass is 79.9. The second-order valence-electron chi connectivity index (χ2n) is 4.47. The highest BCUT2D eigenvalue weighted by Crippen LogP contribution is 2.35. The van der Waals surface area contributed by atoms with Crippen LogP contribution in [0.3, 0.4) is 0 Å². The molecule has 4 rings (SSSR count). The van der Waals surface area contributed by atoms with E-state index in [9.17, 15) is 5.11 Å². The molecule has 21 heavy (non-hydrogen) atoms. The molecule has 0 spiro atoms. The van der Waals surface area contributed by atoms with Crippen molar-refractivity contribution in [2.75, 3.05) is 0 Å². The van der Waals surface area contributed by atoms with Gasteiger partial charge in [0.15, 0.2) is 0 Å². The summed E-state index contributed by atoms with van der Waals surface area (Å²) >= 11 is 4.95. The zero-order valence-electron chi connectivity index (χ0n) is 10.5. The fraction of sp³-hybridized carbons (Fsp3) is 0. The average Bonchev–Trinajstić information content (AvgIpc) is 3.05. The quantitative estimate of drug-likeness (QED) is 0.725. The third kappa shape index (κ3) is 2.05. The van der Waals surface area contributed by atoms with Gasteiger partial charge in [0.2, 0.25) is 0 Å². The Kier molecular flexibility index (Phi) is 2.83. The van der Waals surface area contributed by atoms with E-state index in [1.54, 1.807) is 6.20 Å². The van der Waals surface area contributed by atoms with Crippen LogP contribution in [0.15, 0.2) is 50.4 Å². The van der Waals surface area contributed by atoms with Crippen molar-refractivity contribution in [3.8, 4) is 5.75 Å². The van der Waals surface area contributed by atoms with E-state index in [1.165, 1.54) is 11.3 Å². The first-order chi connectivity index (χ1) is 10.2. The van der Waals surface area contributed by atoms with Crippen LogP contribution < -0.4 is 10.6 Å². The van der Waals surface area contributed by atoms with E-state index >= 15 is 0 Å². The van der Waals surface area contributed by atoms with Gasteiger partial charge in [0.05, 0.1) is 10.3 Å². The molecule has 0 amide bonds. The molecular weight excluding hydrogens is 352 g/mol. The predicted octanol–water partition coefficient (Wildman–Crippen LogP) is 3.23. The monoisotopic (exact) mass is 358 g/mol. The van der Waals surface area contributed by atoms with Crippen LogP contribution in [0.5, 0.6) is 5.75 Å². The van der Waals surface area contributed by atoms with Gasteiger partial charge in [-0.05, 0) is 40.8 Å². The van der Waals surface area contributed by atoms with Crippen LogP contribution in [0.2, 0.25) is 0 Å². The molecule has 3 aromatic rings. The van der Waals surface area contributed by atoms with Crippen LogP contribution in [0.25, 0.3) is 16.3 Å². The molecule has 5 nitrogen and oxygen atoms in total. The molecule has 0 saturated carbocycles. The van der Waals surface area contributed by atoms with Crippen molar-refractivity contribution in [3.05, 3.63) is 50.4 Å². The molecule has 0 unspecified atom stereocenters. The summed E-state index contributed by atoms with van der Waals surface area (Å²) in [5.74, 6) is 0.252. The van der Waals surface area contributed by atoms with Crippen molar-refractivity contribution >= 4 is 49.2 Å². The normalized spacial score (nSPS) is 13.7. The molecule has 3 heterocycles. The summed E-state index contributed by atoms with van der Waals surface area (Å²) in [6.07, 6.45) is 3.62. The van der Waals surface area contributed by atoms with Crippen molar-refractivity contribution in [1.82, 2.24) is 4.98 Å². The number of hydrogen-bond acceptors (Lipinski definition) is 6. The number of pyridine rings is 1. The highest BCUT2D eigenvalue weighted by Gasteiger charge is 2.10. The summed E-state index contributed by atoms with van der Waals surface area (Å²) in [7, 11) is 0. The number of hydrogen-bond donors (Lipinski definition) is 1. The second-order valence-corrected chi connectivity index (χ2v) is 6.35. The molecule has 7 heteroatoms. The lowest BCUT2D eigenvalue weighted by Crippen LogP contribution is -2.09. The zero-order chi connectivity index (χ0) is 14.4. The fourth-order valence-corrected chi connectivity index (χ4v) is 3.57. The van der Waals surface area contributed by atoms with Crippen LogP contribution in [0.1, 0.15) is 4.88 Å². The molecule has 1 aromatic carbocycles. The number of rotatable bonds is 1. The van der Waals surface area contributed by atoms with E-state index in [1.807, 2.05) is 30.3 Å². The Balaban J connectivity index is 1.97. The van der Waals surface area contributed by atoms with Crippen LogP contribution in [-0.4, -0.2) is 10.1 Å². The molecule has 1 aliphatic rings. The minimum absolute atomic E-state index is 0.252. The molecule has 0 radical (unpaired) electrons. The summed E-state index contributed by atoms with van der Waals surface area (Å²) in [4.78, 5) is 5.84. The van der Waals surface area contributed by atoms with Crippen LogP contribution >= 0.6 is 27.3 Å². The van der Waals surface area contributed by atoms with Gasteiger partial charge < -0.3 is 5.11 Å². The van der Waals surface area contributed by atoms with Crippen molar-refractivity contribution in [1.29, 1.82) is 0 Å². The summed E-state index contributed by atoms with van der Waals surface area (Å²) in [6.45, 7) is 0. The molecular formula is C14H7BrN4OS. The maximum absolute atomic E-state index is 10.3. The Bertz CT molecular complexity index is 1030. The lowest BCUT2D eigenvalue weighted by atomic mass is 10.2. The SMILES string of the molecule is Oc1c(C=c2cc3c(cc2Br)=NN=N3)sc2ncccc12. The largest absolute Gasteiger partial charge is 0.506 e.